The molecule has 1 rings (SSSR count). The zero-order chi connectivity index (χ0) is 11.5. The van der Waals surface area contributed by atoms with Gasteiger partial charge in [0, 0.05) is 0 Å². The summed E-state index contributed by atoms with van der Waals surface area (Å²) >= 11 is 0. The van der Waals surface area contributed by atoms with E-state index < -0.39 is 11.5 Å². The summed E-state index contributed by atoms with van der Waals surface area (Å²) in [5.41, 5.74) is -0.0913. The number of rotatable bonds is 4. The summed E-state index contributed by atoms with van der Waals surface area (Å²) in [6, 6.07) is 9.34. The van der Waals surface area contributed by atoms with Crippen LogP contribution in [0, 0.1) is 0 Å². The number of likely N-dealkylation sites (N-methyl/N-ethyl adjacent to an activating group) is 1. The highest BCUT2D eigenvalue weighted by atomic mass is 16.4. The van der Waals surface area contributed by atoms with Gasteiger partial charge in [0.2, 0.25) is 0 Å². The molecule has 0 fully saturated rings. The van der Waals surface area contributed by atoms with Crippen molar-refractivity contribution in [2.75, 3.05) is 14.1 Å². The molecular formula is C12H17NO2. The van der Waals surface area contributed by atoms with Gasteiger partial charge in [-0.1, -0.05) is 37.3 Å². The van der Waals surface area contributed by atoms with E-state index >= 15 is 0 Å². The van der Waals surface area contributed by atoms with Gasteiger partial charge in [0.15, 0.2) is 0 Å². The van der Waals surface area contributed by atoms with Gasteiger partial charge in [0.1, 0.15) is 5.54 Å². The van der Waals surface area contributed by atoms with E-state index in [-0.39, 0.29) is 0 Å². The van der Waals surface area contributed by atoms with Crippen LogP contribution in [-0.4, -0.2) is 30.1 Å². The lowest BCUT2D eigenvalue weighted by atomic mass is 9.86. The number of carboxylic acid groups (broad SMARTS) is 1. The van der Waals surface area contributed by atoms with Gasteiger partial charge >= 0.3 is 5.97 Å². The molecule has 3 nitrogen and oxygen atoms in total. The van der Waals surface area contributed by atoms with Gasteiger partial charge in [0.25, 0.3) is 0 Å². The van der Waals surface area contributed by atoms with Crippen molar-refractivity contribution < 1.29 is 9.90 Å². The number of carbonyl (C=O) groups is 1. The van der Waals surface area contributed by atoms with Crippen LogP contribution in [0.4, 0.5) is 0 Å². The fourth-order valence-electron chi connectivity index (χ4n) is 1.96. The predicted octanol–water partition coefficient (Wildman–Crippen LogP) is 1.94. The fourth-order valence-corrected chi connectivity index (χ4v) is 1.96. The first-order valence-electron chi connectivity index (χ1n) is 5.02. The molecule has 0 saturated carbocycles. The molecule has 0 aliphatic heterocycles. The Hall–Kier alpha value is -1.35. The average Bonchev–Trinajstić information content (AvgIpc) is 2.20. The summed E-state index contributed by atoms with van der Waals surface area (Å²) in [5.74, 6) is -0.804. The SMILES string of the molecule is CC[C@](C(=O)O)(c1ccccc1)N(C)C. The van der Waals surface area contributed by atoms with Crippen LogP contribution in [0.15, 0.2) is 30.3 Å². The van der Waals surface area contributed by atoms with Crippen LogP contribution in [-0.2, 0) is 10.3 Å². The normalized spacial score (nSPS) is 14.9. The summed E-state index contributed by atoms with van der Waals surface area (Å²) in [6.45, 7) is 1.89. The number of hydrogen-bond donors (Lipinski definition) is 1. The lowest BCUT2D eigenvalue weighted by Crippen LogP contribution is -2.47. The van der Waals surface area contributed by atoms with E-state index in [2.05, 4.69) is 0 Å². The van der Waals surface area contributed by atoms with Crippen molar-refractivity contribution in [3.63, 3.8) is 0 Å². The molecule has 1 aromatic carbocycles. The van der Waals surface area contributed by atoms with Crippen LogP contribution in [0.5, 0.6) is 0 Å². The molecule has 1 N–H and O–H groups in total. The molecule has 0 aliphatic rings. The Kier molecular flexibility index (Phi) is 3.48. The maximum Gasteiger partial charge on any atom is 0.328 e. The van der Waals surface area contributed by atoms with E-state index in [4.69, 9.17) is 0 Å². The topological polar surface area (TPSA) is 40.5 Å². The number of hydrogen-bond acceptors (Lipinski definition) is 2. The largest absolute Gasteiger partial charge is 0.480 e. The third-order valence-corrected chi connectivity index (χ3v) is 2.88. The lowest BCUT2D eigenvalue weighted by molar-refractivity contribution is -0.151. The molecule has 0 bridgehead atoms. The summed E-state index contributed by atoms with van der Waals surface area (Å²) in [4.78, 5) is 13.2. The van der Waals surface area contributed by atoms with E-state index in [1.807, 2.05) is 37.3 Å². The van der Waals surface area contributed by atoms with Crippen molar-refractivity contribution in [3.05, 3.63) is 35.9 Å². The Balaban J connectivity index is 3.28. The van der Waals surface area contributed by atoms with Gasteiger partial charge in [-0.15, -0.1) is 0 Å². The summed E-state index contributed by atoms with van der Waals surface area (Å²) in [7, 11) is 3.59. The van der Waals surface area contributed by atoms with Crippen LogP contribution < -0.4 is 0 Å². The van der Waals surface area contributed by atoms with Gasteiger partial charge in [-0.25, -0.2) is 4.79 Å². The third-order valence-electron chi connectivity index (χ3n) is 2.88. The molecule has 0 aromatic heterocycles. The third kappa shape index (κ3) is 1.88. The molecule has 1 aromatic rings. The van der Waals surface area contributed by atoms with E-state index in [0.717, 1.165) is 5.56 Å². The average molecular weight is 207 g/mol. The van der Waals surface area contributed by atoms with Crippen LogP contribution in [0.25, 0.3) is 0 Å². The molecule has 15 heavy (non-hydrogen) atoms. The van der Waals surface area contributed by atoms with Gasteiger partial charge in [-0.2, -0.15) is 0 Å². The molecule has 0 unspecified atom stereocenters. The first-order valence-corrected chi connectivity index (χ1v) is 5.02. The predicted molar refractivity (Wildman–Crippen MR) is 59.7 cm³/mol. The van der Waals surface area contributed by atoms with Crippen molar-refractivity contribution in [3.8, 4) is 0 Å². The zero-order valence-corrected chi connectivity index (χ0v) is 9.40. The molecular weight excluding hydrogens is 190 g/mol. The maximum atomic E-state index is 11.5. The van der Waals surface area contributed by atoms with Gasteiger partial charge in [0.05, 0.1) is 0 Å². The quantitative estimate of drug-likeness (QED) is 0.820. The number of aliphatic carboxylic acids is 1. The standard InChI is InChI=1S/C12H17NO2/c1-4-12(11(14)15,13(2)3)10-8-6-5-7-9-10/h5-9H,4H2,1-3H3,(H,14,15)/t12-/m1/s1. The first-order chi connectivity index (χ1) is 7.05. The minimum absolute atomic E-state index is 0.541. The highest BCUT2D eigenvalue weighted by Crippen LogP contribution is 2.30. The van der Waals surface area contributed by atoms with Crippen LogP contribution >= 0.6 is 0 Å². The van der Waals surface area contributed by atoms with Crippen molar-refractivity contribution in [2.45, 2.75) is 18.9 Å². The Bertz CT molecular complexity index is 335. The molecule has 3 heteroatoms. The molecule has 0 spiro atoms. The molecule has 0 aliphatic carbocycles. The van der Waals surface area contributed by atoms with E-state index in [1.54, 1.807) is 19.0 Å². The van der Waals surface area contributed by atoms with Gasteiger partial charge in [-0.05, 0) is 26.1 Å². The smallest absolute Gasteiger partial charge is 0.328 e. The summed E-state index contributed by atoms with van der Waals surface area (Å²) in [6.07, 6.45) is 0.541. The Morgan fingerprint density at radius 3 is 2.20 bits per heavy atom. The zero-order valence-electron chi connectivity index (χ0n) is 9.40. The van der Waals surface area contributed by atoms with Crippen molar-refractivity contribution in [1.29, 1.82) is 0 Å². The van der Waals surface area contributed by atoms with Crippen molar-refractivity contribution in [1.82, 2.24) is 4.90 Å². The summed E-state index contributed by atoms with van der Waals surface area (Å²) in [5, 5.41) is 9.41. The molecule has 0 amide bonds. The van der Waals surface area contributed by atoms with E-state index in [9.17, 15) is 9.90 Å². The number of nitrogens with zero attached hydrogens (tertiary/aromatic N) is 1. The minimum Gasteiger partial charge on any atom is -0.480 e. The highest BCUT2D eigenvalue weighted by Gasteiger charge is 2.40. The van der Waals surface area contributed by atoms with Crippen molar-refractivity contribution >= 4 is 5.97 Å². The van der Waals surface area contributed by atoms with Crippen LogP contribution in [0.2, 0.25) is 0 Å². The number of benzene rings is 1. The van der Waals surface area contributed by atoms with Gasteiger partial charge in [-0.3, -0.25) is 4.90 Å². The highest BCUT2D eigenvalue weighted by molar-refractivity contribution is 5.80. The first kappa shape index (κ1) is 11.7. The molecule has 0 heterocycles. The van der Waals surface area contributed by atoms with E-state index in [0.29, 0.717) is 6.42 Å². The van der Waals surface area contributed by atoms with Crippen molar-refractivity contribution in [2.24, 2.45) is 0 Å². The second-order valence-electron chi connectivity index (χ2n) is 3.78. The molecule has 0 saturated heterocycles. The van der Waals surface area contributed by atoms with E-state index in [1.165, 1.54) is 0 Å². The minimum atomic E-state index is -0.915. The summed E-state index contributed by atoms with van der Waals surface area (Å²) < 4.78 is 0. The molecule has 82 valence electrons. The second kappa shape index (κ2) is 4.45. The maximum absolute atomic E-state index is 11.5. The fraction of sp³-hybridized carbons (Fsp3) is 0.417. The van der Waals surface area contributed by atoms with Crippen LogP contribution in [0.1, 0.15) is 18.9 Å². The monoisotopic (exact) mass is 207 g/mol. The molecule has 1 atom stereocenters. The van der Waals surface area contributed by atoms with Crippen LogP contribution in [0.3, 0.4) is 0 Å². The van der Waals surface area contributed by atoms with Gasteiger partial charge < -0.3 is 5.11 Å². The Morgan fingerprint density at radius 2 is 1.87 bits per heavy atom. The Morgan fingerprint density at radius 1 is 1.33 bits per heavy atom. The lowest BCUT2D eigenvalue weighted by Gasteiger charge is -2.35. The number of carboxylic acids is 1. The Labute approximate surface area is 90.3 Å². The molecule has 0 radical (unpaired) electrons. The second-order valence-corrected chi connectivity index (χ2v) is 3.78.